The van der Waals surface area contributed by atoms with Gasteiger partial charge in [-0.25, -0.2) is 24.3 Å². The molecule has 0 fully saturated rings. The first-order valence-corrected chi connectivity index (χ1v) is 14.1. The van der Waals surface area contributed by atoms with E-state index >= 15 is 0 Å². The van der Waals surface area contributed by atoms with Crippen molar-refractivity contribution in [1.82, 2.24) is 28.9 Å². The molecular weight excluding hydrogens is 532 g/mol. The van der Waals surface area contributed by atoms with E-state index in [-0.39, 0.29) is 0 Å². The molecule has 43 heavy (non-hydrogen) atoms. The smallest absolute Gasteiger partial charge is 0.232 e. The Bertz CT molecular complexity index is 2380. The van der Waals surface area contributed by atoms with Crippen molar-refractivity contribution in [1.29, 1.82) is 0 Å². The molecule has 5 aromatic carbocycles. The maximum atomic E-state index is 6.45. The zero-order valence-corrected chi connectivity index (χ0v) is 22.8. The molecule has 0 bridgehead atoms. The Balaban J connectivity index is 1.29. The van der Waals surface area contributed by atoms with Crippen LogP contribution in [0.4, 0.5) is 0 Å². The van der Waals surface area contributed by atoms with E-state index in [4.69, 9.17) is 24.4 Å². The van der Waals surface area contributed by atoms with Gasteiger partial charge in [0.05, 0.1) is 11.0 Å². The average Bonchev–Trinajstić information content (AvgIpc) is 3.73. The topological polar surface area (TPSA) is 74.0 Å². The normalized spacial score (nSPS) is 11.7. The average molecular weight is 555 g/mol. The number of furan rings is 1. The van der Waals surface area contributed by atoms with Gasteiger partial charge < -0.3 is 4.42 Å². The molecule has 7 nitrogen and oxygen atoms in total. The van der Waals surface area contributed by atoms with Crippen LogP contribution >= 0.6 is 0 Å². The zero-order valence-electron chi connectivity index (χ0n) is 22.8. The van der Waals surface area contributed by atoms with Crippen LogP contribution in [0.2, 0.25) is 0 Å². The molecule has 0 saturated carbocycles. The lowest BCUT2D eigenvalue weighted by molar-refractivity contribution is 0.651. The van der Waals surface area contributed by atoms with E-state index in [0.717, 1.165) is 61.4 Å². The Hall–Kier alpha value is -6.08. The molecule has 7 heteroatoms. The highest BCUT2D eigenvalue weighted by molar-refractivity contribution is 6.06. The summed E-state index contributed by atoms with van der Waals surface area (Å²) in [5.74, 6) is 2.62. The number of hydrogen-bond donors (Lipinski definition) is 0. The molecule has 0 unspecified atom stereocenters. The second-order valence-corrected chi connectivity index (χ2v) is 10.4. The molecule has 0 aliphatic carbocycles. The van der Waals surface area contributed by atoms with Gasteiger partial charge in [-0.2, -0.15) is 0 Å². The Morgan fingerprint density at radius 2 is 1.09 bits per heavy atom. The molecule has 202 valence electrons. The van der Waals surface area contributed by atoms with Crippen LogP contribution in [0.3, 0.4) is 0 Å². The van der Waals surface area contributed by atoms with Gasteiger partial charge in [0.15, 0.2) is 17.5 Å². The van der Waals surface area contributed by atoms with Crippen LogP contribution in [0, 0.1) is 0 Å². The number of aromatic nitrogens is 6. The fraction of sp³-hybridized carbons (Fsp3) is 0. The van der Waals surface area contributed by atoms with Gasteiger partial charge in [0.2, 0.25) is 11.5 Å². The van der Waals surface area contributed by atoms with Crippen molar-refractivity contribution in [3.05, 3.63) is 133 Å². The van der Waals surface area contributed by atoms with Crippen LogP contribution in [0.5, 0.6) is 0 Å². The number of rotatable bonds is 4. The monoisotopic (exact) mass is 554 g/mol. The predicted molar refractivity (Wildman–Crippen MR) is 169 cm³/mol. The highest BCUT2D eigenvalue weighted by Crippen LogP contribution is 2.36. The van der Waals surface area contributed by atoms with Crippen LogP contribution in [-0.4, -0.2) is 28.9 Å². The number of hydrogen-bond acceptors (Lipinski definition) is 5. The Labute approximate surface area is 245 Å². The first-order valence-electron chi connectivity index (χ1n) is 14.1. The van der Waals surface area contributed by atoms with Crippen LogP contribution in [0.1, 0.15) is 0 Å². The predicted octanol–water partition coefficient (Wildman–Crippen LogP) is 8.36. The number of benzene rings is 5. The largest absolute Gasteiger partial charge is 0.437 e. The van der Waals surface area contributed by atoms with E-state index in [2.05, 4.69) is 33.2 Å². The minimum Gasteiger partial charge on any atom is -0.437 e. The lowest BCUT2D eigenvalue weighted by Crippen LogP contribution is -2.00. The number of fused-ring (bicyclic) bond motifs is 7. The summed E-state index contributed by atoms with van der Waals surface area (Å²) >= 11 is 0. The van der Waals surface area contributed by atoms with E-state index in [9.17, 15) is 0 Å². The third-order valence-electron chi connectivity index (χ3n) is 7.79. The maximum absolute atomic E-state index is 6.45. The van der Waals surface area contributed by atoms with Gasteiger partial charge in [-0.15, -0.1) is 0 Å². The summed E-state index contributed by atoms with van der Waals surface area (Å²) in [6.45, 7) is 0. The Morgan fingerprint density at radius 3 is 1.77 bits per heavy atom. The van der Waals surface area contributed by atoms with E-state index < -0.39 is 0 Å². The first-order chi connectivity index (χ1) is 21.3. The van der Waals surface area contributed by atoms with Crippen molar-refractivity contribution < 1.29 is 4.42 Å². The molecule has 0 aliphatic rings. The molecule has 0 amide bonds. The van der Waals surface area contributed by atoms with E-state index in [0.29, 0.717) is 17.5 Å². The van der Waals surface area contributed by atoms with Crippen LogP contribution in [0.15, 0.2) is 138 Å². The molecule has 0 spiro atoms. The zero-order chi connectivity index (χ0) is 28.3. The van der Waals surface area contributed by atoms with Crippen LogP contribution < -0.4 is 0 Å². The number of para-hydroxylation sites is 2. The summed E-state index contributed by atoms with van der Waals surface area (Å²) < 4.78 is 10.7. The van der Waals surface area contributed by atoms with Crippen molar-refractivity contribution >= 4 is 39.0 Å². The second-order valence-electron chi connectivity index (χ2n) is 10.4. The Kier molecular flexibility index (Phi) is 5.06. The molecular formula is C36H22N6O. The molecule has 0 saturated heterocycles. The van der Waals surface area contributed by atoms with Crippen LogP contribution in [0.25, 0.3) is 78.9 Å². The van der Waals surface area contributed by atoms with E-state index in [1.54, 1.807) is 0 Å². The summed E-state index contributed by atoms with van der Waals surface area (Å²) in [6, 6.07) is 44.6. The number of imidazole rings is 2. The van der Waals surface area contributed by atoms with E-state index in [1.807, 2.05) is 109 Å². The van der Waals surface area contributed by atoms with E-state index in [1.165, 1.54) is 0 Å². The lowest BCUT2D eigenvalue weighted by Gasteiger charge is -2.08. The van der Waals surface area contributed by atoms with Gasteiger partial charge in [-0.3, -0.25) is 4.57 Å². The molecule has 4 aromatic heterocycles. The third kappa shape index (κ3) is 3.68. The van der Waals surface area contributed by atoms with Gasteiger partial charge in [0.25, 0.3) is 0 Å². The summed E-state index contributed by atoms with van der Waals surface area (Å²) in [7, 11) is 0. The summed E-state index contributed by atoms with van der Waals surface area (Å²) in [4.78, 5) is 19.8. The highest BCUT2D eigenvalue weighted by atomic mass is 16.3. The summed E-state index contributed by atoms with van der Waals surface area (Å²) in [5.41, 5.74) is 8.09. The second kappa shape index (κ2) is 9.22. The van der Waals surface area contributed by atoms with Crippen molar-refractivity contribution in [3.8, 4) is 39.9 Å². The van der Waals surface area contributed by atoms with Gasteiger partial charge >= 0.3 is 0 Å². The molecule has 0 atom stereocenters. The molecule has 9 rings (SSSR count). The first kappa shape index (κ1) is 23.6. The van der Waals surface area contributed by atoms with Gasteiger partial charge in [0.1, 0.15) is 11.1 Å². The summed E-state index contributed by atoms with van der Waals surface area (Å²) in [5, 5.41) is 1.05. The summed E-state index contributed by atoms with van der Waals surface area (Å²) in [6.07, 6.45) is 0. The van der Waals surface area contributed by atoms with Crippen LogP contribution in [-0.2, 0) is 0 Å². The van der Waals surface area contributed by atoms with Gasteiger partial charge in [0, 0.05) is 27.8 Å². The molecule has 0 aliphatic heterocycles. The molecule has 9 aromatic rings. The lowest BCUT2D eigenvalue weighted by atomic mass is 10.1. The minimum absolute atomic E-state index is 0.590. The quantitative estimate of drug-likeness (QED) is 0.219. The molecule has 0 N–H and O–H groups in total. The van der Waals surface area contributed by atoms with Crippen molar-refractivity contribution in [3.63, 3.8) is 0 Å². The highest BCUT2D eigenvalue weighted by Gasteiger charge is 2.23. The standard InChI is InChI=1S/C36H22N6O/c1-4-12-23(13-5-1)32-38-33(24-14-6-2-7-15-24)40-34(39-32)25-20-21-29-28(22-25)37-36-41(26-16-8-3-9-17-26)31-27-18-10-11-19-30(27)43-35(31)42(29)36/h1-22H. The fourth-order valence-electron chi connectivity index (χ4n) is 5.80. The van der Waals surface area contributed by atoms with Crippen molar-refractivity contribution in [2.75, 3.05) is 0 Å². The maximum Gasteiger partial charge on any atom is 0.232 e. The fourth-order valence-corrected chi connectivity index (χ4v) is 5.80. The van der Waals surface area contributed by atoms with Gasteiger partial charge in [-0.05, 0) is 42.5 Å². The Morgan fingerprint density at radius 1 is 0.512 bits per heavy atom. The molecule has 4 heterocycles. The van der Waals surface area contributed by atoms with Gasteiger partial charge in [-0.1, -0.05) is 91.0 Å². The number of nitrogens with zero attached hydrogens (tertiary/aromatic N) is 6. The SMILES string of the molecule is c1ccc(-c2nc(-c3ccccc3)nc(-c3ccc4c(c3)nc3n(-c5ccccc5)c5c6ccccc6oc5n43)n2)cc1. The minimum atomic E-state index is 0.590. The van der Waals surface area contributed by atoms with Crippen molar-refractivity contribution in [2.24, 2.45) is 0 Å². The molecule has 0 radical (unpaired) electrons. The van der Waals surface area contributed by atoms with Crippen molar-refractivity contribution in [2.45, 2.75) is 0 Å². The third-order valence-corrected chi connectivity index (χ3v) is 7.79.